The quantitative estimate of drug-likeness (QED) is 0.896. The van der Waals surface area contributed by atoms with Crippen LogP contribution >= 0.6 is 0 Å². The van der Waals surface area contributed by atoms with E-state index in [1.54, 1.807) is 22.4 Å². The van der Waals surface area contributed by atoms with E-state index < -0.39 is 0 Å². The highest BCUT2D eigenvalue weighted by atomic mass is 16.1. The van der Waals surface area contributed by atoms with Crippen LogP contribution in [0.5, 0.6) is 0 Å². The summed E-state index contributed by atoms with van der Waals surface area (Å²) in [6.45, 7) is 5.39. The minimum Gasteiger partial charge on any atom is -0.314 e. The second-order valence-electron chi connectivity index (χ2n) is 5.53. The third-order valence-corrected chi connectivity index (χ3v) is 4.11. The number of piperazine rings is 1. The molecule has 1 aromatic carbocycles. The van der Waals surface area contributed by atoms with Crippen LogP contribution in [0.25, 0.3) is 5.69 Å². The van der Waals surface area contributed by atoms with E-state index in [4.69, 9.17) is 0 Å². The van der Waals surface area contributed by atoms with E-state index in [0.29, 0.717) is 0 Å². The van der Waals surface area contributed by atoms with Gasteiger partial charge in [-0.2, -0.15) is 0 Å². The molecular formula is C16H22N4O. The summed E-state index contributed by atoms with van der Waals surface area (Å²) in [7, 11) is 1.78. The highest BCUT2D eigenvalue weighted by molar-refractivity contribution is 5.41. The van der Waals surface area contributed by atoms with Gasteiger partial charge in [-0.15, -0.1) is 0 Å². The molecule has 1 aliphatic rings. The van der Waals surface area contributed by atoms with Crippen molar-refractivity contribution >= 4 is 0 Å². The zero-order valence-corrected chi connectivity index (χ0v) is 12.5. The molecular weight excluding hydrogens is 264 g/mol. The highest BCUT2D eigenvalue weighted by Crippen LogP contribution is 2.14. The lowest BCUT2D eigenvalue weighted by Gasteiger charge is -2.27. The summed E-state index contributed by atoms with van der Waals surface area (Å²) >= 11 is 0. The number of benzene rings is 1. The molecule has 0 amide bonds. The summed E-state index contributed by atoms with van der Waals surface area (Å²) in [5.74, 6) is 0. The van der Waals surface area contributed by atoms with Crippen LogP contribution in [-0.2, 0) is 13.5 Å². The van der Waals surface area contributed by atoms with Gasteiger partial charge in [0.1, 0.15) is 0 Å². The molecule has 3 rings (SSSR count). The van der Waals surface area contributed by atoms with Gasteiger partial charge in [-0.05, 0) is 18.1 Å². The summed E-state index contributed by atoms with van der Waals surface area (Å²) in [5, 5.41) is 3.37. The van der Waals surface area contributed by atoms with E-state index in [9.17, 15) is 4.79 Å². The van der Waals surface area contributed by atoms with Crippen LogP contribution in [-0.4, -0.2) is 46.8 Å². The van der Waals surface area contributed by atoms with Gasteiger partial charge >= 0.3 is 5.69 Å². The Labute approximate surface area is 124 Å². The van der Waals surface area contributed by atoms with E-state index in [2.05, 4.69) is 16.3 Å². The summed E-state index contributed by atoms with van der Waals surface area (Å²) < 4.78 is 3.33. The summed E-state index contributed by atoms with van der Waals surface area (Å²) in [5.41, 5.74) is 2.23. The first-order valence-corrected chi connectivity index (χ1v) is 7.51. The molecule has 0 spiro atoms. The van der Waals surface area contributed by atoms with E-state index in [1.165, 1.54) is 5.56 Å². The second kappa shape index (κ2) is 6.28. The van der Waals surface area contributed by atoms with Crippen molar-refractivity contribution in [1.29, 1.82) is 0 Å². The Balaban J connectivity index is 1.79. The number of aromatic nitrogens is 2. The van der Waals surface area contributed by atoms with Crippen LogP contribution in [0, 0.1) is 0 Å². The molecule has 0 saturated carbocycles. The fourth-order valence-corrected chi connectivity index (χ4v) is 2.82. The van der Waals surface area contributed by atoms with E-state index in [0.717, 1.165) is 44.8 Å². The van der Waals surface area contributed by atoms with Gasteiger partial charge in [-0.3, -0.25) is 4.57 Å². The maximum absolute atomic E-state index is 12.1. The van der Waals surface area contributed by atoms with E-state index in [-0.39, 0.29) is 5.69 Å². The average molecular weight is 286 g/mol. The Morgan fingerprint density at radius 2 is 1.90 bits per heavy atom. The Morgan fingerprint density at radius 1 is 1.14 bits per heavy atom. The molecule has 5 heteroatoms. The minimum absolute atomic E-state index is 0.00428. The van der Waals surface area contributed by atoms with E-state index in [1.807, 2.05) is 24.4 Å². The molecule has 0 aliphatic carbocycles. The Bertz CT molecular complexity index is 652. The minimum atomic E-state index is 0.00428. The van der Waals surface area contributed by atoms with Crippen molar-refractivity contribution < 1.29 is 0 Å². The maximum Gasteiger partial charge on any atom is 0.332 e. The fraction of sp³-hybridized carbons (Fsp3) is 0.438. The predicted octanol–water partition coefficient (Wildman–Crippen LogP) is 0.624. The summed E-state index contributed by atoms with van der Waals surface area (Å²) in [6, 6.07) is 8.18. The molecule has 1 aliphatic heterocycles. The lowest BCUT2D eigenvalue weighted by molar-refractivity contribution is 0.244. The Kier molecular flexibility index (Phi) is 4.22. The second-order valence-corrected chi connectivity index (χ2v) is 5.53. The third-order valence-electron chi connectivity index (χ3n) is 4.11. The number of para-hydroxylation sites is 1. The normalized spacial score (nSPS) is 16.2. The number of nitrogens with one attached hydrogen (secondary N) is 1. The molecule has 5 nitrogen and oxygen atoms in total. The third kappa shape index (κ3) is 3.09. The maximum atomic E-state index is 12.1. The molecule has 0 unspecified atom stereocenters. The van der Waals surface area contributed by atoms with Gasteiger partial charge in [0.2, 0.25) is 0 Å². The number of hydrogen-bond donors (Lipinski definition) is 1. The topological polar surface area (TPSA) is 42.2 Å². The van der Waals surface area contributed by atoms with Gasteiger partial charge < -0.3 is 14.8 Å². The van der Waals surface area contributed by atoms with E-state index >= 15 is 0 Å². The van der Waals surface area contributed by atoms with Crippen LogP contribution in [0.15, 0.2) is 41.5 Å². The van der Waals surface area contributed by atoms with Crippen LogP contribution in [0.2, 0.25) is 0 Å². The number of imidazole rings is 1. The molecule has 1 saturated heterocycles. The first-order valence-electron chi connectivity index (χ1n) is 7.51. The standard InChI is InChI=1S/C16H22N4O/c1-18-12-13-20(16(18)21)15-5-3-2-4-14(15)6-9-19-10-7-17-8-11-19/h2-5,12-13,17H,6-11H2,1H3. The molecule has 1 fully saturated rings. The molecule has 2 heterocycles. The van der Waals surface area contributed by atoms with Crippen molar-refractivity contribution in [3.63, 3.8) is 0 Å². The van der Waals surface area contributed by atoms with Gasteiger partial charge in [0, 0.05) is 52.2 Å². The van der Waals surface area contributed by atoms with Crippen LogP contribution in [0.4, 0.5) is 0 Å². The summed E-state index contributed by atoms with van der Waals surface area (Å²) in [6.07, 6.45) is 4.61. The number of hydrogen-bond acceptors (Lipinski definition) is 3. The van der Waals surface area contributed by atoms with Crippen LogP contribution < -0.4 is 11.0 Å². The fourth-order valence-electron chi connectivity index (χ4n) is 2.82. The SMILES string of the molecule is Cn1ccn(-c2ccccc2CCN2CCNCC2)c1=O. The molecule has 1 aromatic heterocycles. The van der Waals surface area contributed by atoms with Crippen molar-refractivity contribution in [3.05, 3.63) is 52.7 Å². The van der Waals surface area contributed by atoms with Gasteiger partial charge in [0.25, 0.3) is 0 Å². The van der Waals surface area contributed by atoms with Crippen molar-refractivity contribution in [2.45, 2.75) is 6.42 Å². The molecule has 112 valence electrons. The zero-order valence-electron chi connectivity index (χ0n) is 12.5. The van der Waals surface area contributed by atoms with Gasteiger partial charge in [-0.1, -0.05) is 18.2 Å². The van der Waals surface area contributed by atoms with Crippen molar-refractivity contribution in [3.8, 4) is 5.69 Å². The van der Waals surface area contributed by atoms with Crippen molar-refractivity contribution in [2.24, 2.45) is 7.05 Å². The largest absolute Gasteiger partial charge is 0.332 e. The van der Waals surface area contributed by atoms with Gasteiger partial charge in [0.15, 0.2) is 0 Å². The zero-order chi connectivity index (χ0) is 14.7. The Morgan fingerprint density at radius 3 is 2.62 bits per heavy atom. The monoisotopic (exact) mass is 286 g/mol. The smallest absolute Gasteiger partial charge is 0.314 e. The van der Waals surface area contributed by atoms with Gasteiger partial charge in [0.05, 0.1) is 5.69 Å². The Hall–Kier alpha value is -1.85. The predicted molar refractivity (Wildman–Crippen MR) is 84.0 cm³/mol. The molecule has 1 N–H and O–H groups in total. The molecule has 2 aromatic rings. The van der Waals surface area contributed by atoms with Crippen LogP contribution in [0.1, 0.15) is 5.56 Å². The van der Waals surface area contributed by atoms with Crippen LogP contribution in [0.3, 0.4) is 0 Å². The highest BCUT2D eigenvalue weighted by Gasteiger charge is 2.12. The first kappa shape index (κ1) is 14.1. The molecule has 0 atom stereocenters. The lowest BCUT2D eigenvalue weighted by atomic mass is 10.1. The average Bonchev–Trinajstić information content (AvgIpc) is 2.86. The summed E-state index contributed by atoms with van der Waals surface area (Å²) in [4.78, 5) is 14.6. The molecule has 21 heavy (non-hydrogen) atoms. The number of aryl methyl sites for hydroxylation is 1. The first-order chi connectivity index (χ1) is 10.3. The number of rotatable bonds is 4. The van der Waals surface area contributed by atoms with Gasteiger partial charge in [-0.25, -0.2) is 4.79 Å². The lowest BCUT2D eigenvalue weighted by Crippen LogP contribution is -2.44. The molecule has 0 bridgehead atoms. The van der Waals surface area contributed by atoms with Crippen molar-refractivity contribution in [1.82, 2.24) is 19.4 Å². The molecule has 0 radical (unpaired) electrons. The van der Waals surface area contributed by atoms with Crippen molar-refractivity contribution in [2.75, 3.05) is 32.7 Å². The number of nitrogens with zero attached hydrogens (tertiary/aromatic N) is 3.